The van der Waals surface area contributed by atoms with Crippen LogP contribution in [-0.2, 0) is 0 Å². The van der Waals surface area contributed by atoms with Crippen molar-refractivity contribution in [1.29, 1.82) is 0 Å². The molecule has 0 spiro atoms. The molecule has 1 atom stereocenters. The number of ether oxygens (including phenoxy) is 2. The van der Waals surface area contributed by atoms with Gasteiger partial charge in [0, 0.05) is 13.1 Å². The van der Waals surface area contributed by atoms with E-state index in [0.29, 0.717) is 13.1 Å². The molecule has 1 aromatic carbocycles. The third-order valence-corrected chi connectivity index (χ3v) is 2.66. The van der Waals surface area contributed by atoms with Gasteiger partial charge in [0.05, 0.1) is 13.7 Å². The van der Waals surface area contributed by atoms with E-state index in [9.17, 15) is 0 Å². The fourth-order valence-corrected chi connectivity index (χ4v) is 1.70. The monoisotopic (exact) mass is 291 g/mol. The maximum atomic E-state index is 5.86. The van der Waals surface area contributed by atoms with Crippen molar-refractivity contribution in [3.8, 4) is 11.5 Å². The summed E-state index contributed by atoms with van der Waals surface area (Å²) in [5.74, 6) is 2.21. The van der Waals surface area contributed by atoms with Crippen LogP contribution in [-0.4, -0.2) is 38.8 Å². The molecule has 2 N–H and O–H groups in total. The van der Waals surface area contributed by atoms with Crippen molar-refractivity contribution in [2.24, 2.45) is 4.99 Å². The third-order valence-electron chi connectivity index (χ3n) is 2.66. The van der Waals surface area contributed by atoms with E-state index in [1.54, 1.807) is 13.2 Å². The largest absolute Gasteiger partial charge is 0.493 e. The highest BCUT2D eigenvalue weighted by Crippen LogP contribution is 2.26. The predicted molar refractivity (Wildman–Crippen MR) is 87.3 cm³/mol. The zero-order valence-corrected chi connectivity index (χ0v) is 13.1. The van der Waals surface area contributed by atoms with E-state index in [1.165, 1.54) is 0 Å². The van der Waals surface area contributed by atoms with Crippen molar-refractivity contribution in [2.75, 3.05) is 26.7 Å². The van der Waals surface area contributed by atoms with E-state index >= 15 is 0 Å². The van der Waals surface area contributed by atoms with Gasteiger partial charge >= 0.3 is 0 Å². The van der Waals surface area contributed by atoms with E-state index in [0.717, 1.165) is 24.0 Å². The Balaban J connectivity index is 2.58. The maximum Gasteiger partial charge on any atom is 0.191 e. The predicted octanol–water partition coefficient (Wildman–Crippen LogP) is 2.20. The minimum absolute atomic E-state index is 0.0551. The van der Waals surface area contributed by atoms with E-state index in [-0.39, 0.29) is 6.10 Å². The minimum Gasteiger partial charge on any atom is -0.493 e. The zero-order valence-electron chi connectivity index (χ0n) is 13.1. The van der Waals surface area contributed by atoms with Crippen LogP contribution in [0.3, 0.4) is 0 Å². The summed E-state index contributed by atoms with van der Waals surface area (Å²) in [5, 5.41) is 6.32. The quantitative estimate of drug-likeness (QED) is 0.438. The Morgan fingerprint density at radius 1 is 1.33 bits per heavy atom. The van der Waals surface area contributed by atoms with E-state index in [4.69, 9.17) is 9.47 Å². The van der Waals surface area contributed by atoms with Crippen molar-refractivity contribution >= 4 is 5.96 Å². The first kappa shape index (κ1) is 16.9. The van der Waals surface area contributed by atoms with Gasteiger partial charge in [-0.15, -0.1) is 6.58 Å². The Morgan fingerprint density at radius 3 is 2.67 bits per heavy atom. The lowest BCUT2D eigenvalue weighted by molar-refractivity contribution is 0.219. The van der Waals surface area contributed by atoms with Crippen LogP contribution in [0.4, 0.5) is 0 Å². The molecule has 0 amide bonds. The number of benzene rings is 1. The summed E-state index contributed by atoms with van der Waals surface area (Å²) in [5.41, 5.74) is 0. The Morgan fingerprint density at radius 2 is 2.05 bits per heavy atom. The molecule has 0 saturated carbocycles. The van der Waals surface area contributed by atoms with Gasteiger partial charge in [-0.3, -0.25) is 0 Å². The van der Waals surface area contributed by atoms with Crippen LogP contribution in [0.1, 0.15) is 13.8 Å². The smallest absolute Gasteiger partial charge is 0.191 e. The van der Waals surface area contributed by atoms with Crippen molar-refractivity contribution in [3.63, 3.8) is 0 Å². The number of nitrogens with one attached hydrogen (secondary N) is 2. The lowest BCUT2D eigenvalue weighted by Gasteiger charge is -2.16. The second-order valence-electron chi connectivity index (χ2n) is 4.47. The molecule has 21 heavy (non-hydrogen) atoms. The summed E-state index contributed by atoms with van der Waals surface area (Å²) in [6, 6.07) is 7.60. The van der Waals surface area contributed by atoms with Crippen LogP contribution in [0.15, 0.2) is 41.9 Å². The first-order chi connectivity index (χ1) is 10.2. The minimum atomic E-state index is -0.0551. The summed E-state index contributed by atoms with van der Waals surface area (Å²) in [7, 11) is 1.63. The Labute approximate surface area is 127 Å². The van der Waals surface area contributed by atoms with Gasteiger partial charge < -0.3 is 20.1 Å². The van der Waals surface area contributed by atoms with Gasteiger partial charge in [-0.25, -0.2) is 4.99 Å². The average Bonchev–Trinajstić information content (AvgIpc) is 2.50. The van der Waals surface area contributed by atoms with Gasteiger partial charge in [0.25, 0.3) is 0 Å². The highest BCUT2D eigenvalue weighted by Gasteiger charge is 2.08. The molecular weight excluding hydrogens is 266 g/mol. The van der Waals surface area contributed by atoms with Crippen molar-refractivity contribution < 1.29 is 9.47 Å². The summed E-state index contributed by atoms with van der Waals surface area (Å²) in [4.78, 5) is 4.48. The third kappa shape index (κ3) is 6.21. The molecule has 0 saturated heterocycles. The Bertz CT molecular complexity index is 461. The number of para-hydroxylation sites is 2. The highest BCUT2D eigenvalue weighted by atomic mass is 16.5. The van der Waals surface area contributed by atoms with Crippen LogP contribution in [0, 0.1) is 0 Å². The van der Waals surface area contributed by atoms with Crippen LogP contribution in [0.25, 0.3) is 0 Å². The molecule has 1 unspecified atom stereocenters. The molecule has 0 radical (unpaired) electrons. The molecule has 0 heterocycles. The number of hydrogen-bond acceptors (Lipinski definition) is 3. The van der Waals surface area contributed by atoms with E-state index in [2.05, 4.69) is 22.2 Å². The van der Waals surface area contributed by atoms with Gasteiger partial charge in [0.2, 0.25) is 0 Å². The molecule has 0 fully saturated rings. The molecule has 1 aromatic rings. The Hall–Kier alpha value is -2.17. The topological polar surface area (TPSA) is 54.9 Å². The standard InChI is InChI=1S/C16H25N3O2/c1-5-11-18-16(17-6-2)19-12-13(3)21-15-10-8-7-9-14(15)20-4/h5,7-10,13H,1,6,11-12H2,2-4H3,(H2,17,18,19). The first-order valence-corrected chi connectivity index (χ1v) is 7.14. The molecule has 5 heteroatoms. The van der Waals surface area contributed by atoms with Gasteiger partial charge in [-0.1, -0.05) is 18.2 Å². The first-order valence-electron chi connectivity index (χ1n) is 7.14. The molecule has 0 bridgehead atoms. The van der Waals surface area contributed by atoms with Gasteiger partial charge in [0.1, 0.15) is 6.10 Å². The molecular formula is C16H25N3O2. The summed E-state index contributed by atoms with van der Waals surface area (Å²) in [6.45, 7) is 9.72. The van der Waals surface area contributed by atoms with Crippen LogP contribution in [0.5, 0.6) is 11.5 Å². The maximum absolute atomic E-state index is 5.86. The van der Waals surface area contributed by atoms with E-state index in [1.807, 2.05) is 38.1 Å². The van der Waals surface area contributed by atoms with Gasteiger partial charge in [-0.05, 0) is 26.0 Å². The molecule has 1 rings (SSSR count). The molecule has 0 aliphatic heterocycles. The fourth-order valence-electron chi connectivity index (χ4n) is 1.70. The molecule has 0 aliphatic carbocycles. The lowest BCUT2D eigenvalue weighted by atomic mass is 10.3. The average molecular weight is 291 g/mol. The lowest BCUT2D eigenvalue weighted by Crippen LogP contribution is -2.38. The number of aliphatic imine (C=N–C) groups is 1. The summed E-state index contributed by atoms with van der Waals surface area (Å²) < 4.78 is 11.1. The highest BCUT2D eigenvalue weighted by molar-refractivity contribution is 5.79. The van der Waals surface area contributed by atoms with Gasteiger partial charge in [0.15, 0.2) is 17.5 Å². The second-order valence-corrected chi connectivity index (χ2v) is 4.47. The number of hydrogen-bond donors (Lipinski definition) is 2. The van der Waals surface area contributed by atoms with E-state index < -0.39 is 0 Å². The van der Waals surface area contributed by atoms with Gasteiger partial charge in [-0.2, -0.15) is 0 Å². The summed E-state index contributed by atoms with van der Waals surface area (Å²) >= 11 is 0. The molecule has 116 valence electrons. The molecule has 0 aliphatic rings. The summed E-state index contributed by atoms with van der Waals surface area (Å²) in [6.07, 6.45) is 1.74. The Kier molecular flexibility index (Phi) is 7.79. The zero-order chi connectivity index (χ0) is 15.5. The normalized spacial score (nSPS) is 12.4. The number of nitrogens with zero attached hydrogens (tertiary/aromatic N) is 1. The number of guanidine groups is 1. The van der Waals surface area contributed by atoms with Crippen LogP contribution >= 0.6 is 0 Å². The second kappa shape index (κ2) is 9.69. The van der Waals surface area contributed by atoms with Crippen molar-refractivity contribution in [1.82, 2.24) is 10.6 Å². The van der Waals surface area contributed by atoms with Crippen molar-refractivity contribution in [2.45, 2.75) is 20.0 Å². The number of methoxy groups -OCH3 is 1. The van der Waals surface area contributed by atoms with Crippen LogP contribution < -0.4 is 20.1 Å². The van der Waals surface area contributed by atoms with Crippen LogP contribution in [0.2, 0.25) is 0 Å². The molecule has 5 nitrogen and oxygen atoms in total. The molecule has 0 aromatic heterocycles. The SMILES string of the molecule is C=CCNC(=NCC(C)Oc1ccccc1OC)NCC. The number of rotatable bonds is 8. The van der Waals surface area contributed by atoms with Crippen molar-refractivity contribution in [3.05, 3.63) is 36.9 Å². The fraction of sp³-hybridized carbons (Fsp3) is 0.438.